The first-order valence-corrected chi connectivity index (χ1v) is 8.16. The molecule has 4 rings (SSSR count). The van der Waals surface area contributed by atoms with E-state index in [1.165, 1.54) is 12.1 Å². The number of hydrogen-bond donors (Lipinski definition) is 3. The molecule has 5 nitrogen and oxygen atoms in total. The lowest BCUT2D eigenvalue weighted by molar-refractivity contribution is -0.139. The fourth-order valence-electron chi connectivity index (χ4n) is 3.50. The number of halogens is 2. The van der Waals surface area contributed by atoms with Crippen molar-refractivity contribution in [2.24, 2.45) is 0 Å². The lowest BCUT2D eigenvalue weighted by Crippen LogP contribution is -2.44. The molecule has 3 aromatic rings. The normalized spacial score (nSPS) is 19.5. The first-order valence-electron chi connectivity index (χ1n) is 8.16. The Morgan fingerprint density at radius 2 is 1.88 bits per heavy atom. The van der Waals surface area contributed by atoms with Gasteiger partial charge in [0.2, 0.25) is 0 Å². The van der Waals surface area contributed by atoms with Gasteiger partial charge in [-0.05, 0) is 29.3 Å². The molecule has 1 aliphatic heterocycles. The molecule has 0 saturated heterocycles. The van der Waals surface area contributed by atoms with Crippen molar-refractivity contribution >= 4 is 16.9 Å². The van der Waals surface area contributed by atoms with Crippen LogP contribution in [0.15, 0.2) is 48.5 Å². The van der Waals surface area contributed by atoms with Crippen molar-refractivity contribution in [1.29, 1.82) is 0 Å². The van der Waals surface area contributed by atoms with Crippen molar-refractivity contribution < 1.29 is 23.4 Å². The van der Waals surface area contributed by atoms with Crippen LogP contribution in [0.5, 0.6) is 5.75 Å². The van der Waals surface area contributed by atoms with E-state index < -0.39 is 18.6 Å². The molecule has 0 spiro atoms. The number of alkyl halides is 2. The van der Waals surface area contributed by atoms with E-state index >= 15 is 0 Å². The van der Waals surface area contributed by atoms with Gasteiger partial charge in [-0.1, -0.05) is 30.3 Å². The number of benzene rings is 2. The van der Waals surface area contributed by atoms with E-state index in [2.05, 4.69) is 15.0 Å². The summed E-state index contributed by atoms with van der Waals surface area (Å²) < 4.78 is 29.0. The lowest BCUT2D eigenvalue weighted by atomic mass is 9.90. The Bertz CT molecular complexity index is 953. The molecule has 0 amide bonds. The highest BCUT2D eigenvalue weighted by molar-refractivity contribution is 5.87. The van der Waals surface area contributed by atoms with E-state index in [4.69, 9.17) is 0 Å². The van der Waals surface area contributed by atoms with Gasteiger partial charge in [0.25, 0.3) is 0 Å². The third-order valence-electron chi connectivity index (χ3n) is 4.65. The summed E-state index contributed by atoms with van der Waals surface area (Å²) in [6, 6.07) is 12.9. The minimum Gasteiger partial charge on any atom is -0.480 e. The van der Waals surface area contributed by atoms with E-state index in [0.29, 0.717) is 6.42 Å². The summed E-state index contributed by atoms with van der Waals surface area (Å²) in [7, 11) is 0. The van der Waals surface area contributed by atoms with Gasteiger partial charge in [-0.15, -0.1) is 0 Å². The van der Waals surface area contributed by atoms with E-state index in [9.17, 15) is 18.7 Å². The van der Waals surface area contributed by atoms with E-state index in [-0.39, 0.29) is 11.8 Å². The van der Waals surface area contributed by atoms with Crippen LogP contribution in [-0.2, 0) is 11.2 Å². The summed E-state index contributed by atoms with van der Waals surface area (Å²) in [5.41, 5.74) is 3.56. The molecular formula is C19H16F2N2O3. The minimum atomic E-state index is -2.88. The van der Waals surface area contributed by atoms with E-state index in [1.54, 1.807) is 12.1 Å². The summed E-state index contributed by atoms with van der Waals surface area (Å²) in [6.07, 6.45) is 0.373. The highest BCUT2D eigenvalue weighted by Crippen LogP contribution is 2.35. The second-order valence-electron chi connectivity index (χ2n) is 6.20. The zero-order valence-corrected chi connectivity index (χ0v) is 13.6. The summed E-state index contributed by atoms with van der Waals surface area (Å²) in [5.74, 6) is -0.866. The molecule has 3 N–H and O–H groups in total. The number of hydrogen-bond acceptors (Lipinski definition) is 3. The average Bonchev–Trinajstić information content (AvgIpc) is 3.00. The fourth-order valence-corrected chi connectivity index (χ4v) is 3.50. The molecule has 0 unspecified atom stereocenters. The van der Waals surface area contributed by atoms with Crippen LogP contribution in [0.3, 0.4) is 0 Å². The number of para-hydroxylation sites is 1. The van der Waals surface area contributed by atoms with Gasteiger partial charge in [0.1, 0.15) is 11.8 Å². The number of aromatic nitrogens is 1. The summed E-state index contributed by atoms with van der Waals surface area (Å²) >= 11 is 0. The van der Waals surface area contributed by atoms with Gasteiger partial charge in [-0.2, -0.15) is 8.78 Å². The van der Waals surface area contributed by atoms with Crippen LogP contribution in [0, 0.1) is 0 Å². The number of carboxylic acid groups (broad SMARTS) is 1. The lowest BCUT2D eigenvalue weighted by Gasteiger charge is -2.29. The molecule has 7 heteroatoms. The topological polar surface area (TPSA) is 74.3 Å². The first kappa shape index (κ1) is 16.5. The Morgan fingerprint density at radius 3 is 2.58 bits per heavy atom. The standard InChI is InChI=1S/C19H16F2N2O3/c20-19(21)26-11-7-5-10(6-8-11)16-17-13(9-15(23-16)18(24)25)12-3-1-2-4-14(12)22-17/h1-8,15-16,19,22-23H,9H2,(H,24,25)/t15-,16-/m0/s1. The Kier molecular flexibility index (Phi) is 4.08. The summed E-state index contributed by atoms with van der Waals surface area (Å²) in [4.78, 5) is 15.0. The van der Waals surface area contributed by atoms with E-state index in [1.807, 2.05) is 24.3 Å². The van der Waals surface area contributed by atoms with E-state index in [0.717, 1.165) is 27.7 Å². The number of rotatable bonds is 4. The molecule has 26 heavy (non-hydrogen) atoms. The average molecular weight is 358 g/mol. The molecule has 0 radical (unpaired) electrons. The number of fused-ring (bicyclic) bond motifs is 3. The molecule has 0 fully saturated rings. The van der Waals surface area contributed by atoms with Crippen LogP contribution in [-0.4, -0.2) is 28.7 Å². The predicted molar refractivity (Wildman–Crippen MR) is 91.5 cm³/mol. The van der Waals surface area contributed by atoms with Crippen LogP contribution in [0.2, 0.25) is 0 Å². The summed E-state index contributed by atoms with van der Waals surface area (Å²) in [5, 5.41) is 13.6. The largest absolute Gasteiger partial charge is 0.480 e. The van der Waals surface area contributed by atoms with Crippen LogP contribution >= 0.6 is 0 Å². The maximum atomic E-state index is 12.3. The molecule has 0 saturated carbocycles. The van der Waals surface area contributed by atoms with Crippen molar-refractivity contribution in [3.8, 4) is 5.75 Å². The second-order valence-corrected chi connectivity index (χ2v) is 6.20. The number of ether oxygens (including phenoxy) is 1. The molecule has 2 aromatic carbocycles. The maximum Gasteiger partial charge on any atom is 0.387 e. The molecule has 2 heterocycles. The second kappa shape index (κ2) is 6.42. The Morgan fingerprint density at radius 1 is 1.15 bits per heavy atom. The molecular weight excluding hydrogens is 342 g/mol. The van der Waals surface area contributed by atoms with Gasteiger partial charge in [0.15, 0.2) is 0 Å². The zero-order chi connectivity index (χ0) is 18.3. The van der Waals surface area contributed by atoms with Crippen molar-refractivity contribution in [1.82, 2.24) is 10.3 Å². The number of H-pyrrole nitrogens is 1. The molecule has 134 valence electrons. The molecule has 2 atom stereocenters. The van der Waals surface area contributed by atoms with Gasteiger partial charge >= 0.3 is 12.6 Å². The van der Waals surface area contributed by atoms with Gasteiger partial charge in [0.05, 0.1) is 6.04 Å². The third-order valence-corrected chi connectivity index (χ3v) is 4.65. The molecule has 1 aromatic heterocycles. The van der Waals surface area contributed by atoms with Crippen LogP contribution in [0.25, 0.3) is 10.9 Å². The van der Waals surface area contributed by atoms with Gasteiger partial charge in [-0.3, -0.25) is 10.1 Å². The molecule has 0 aliphatic carbocycles. The van der Waals surface area contributed by atoms with Gasteiger partial charge in [-0.25, -0.2) is 0 Å². The smallest absolute Gasteiger partial charge is 0.387 e. The van der Waals surface area contributed by atoms with Gasteiger partial charge in [0, 0.05) is 23.0 Å². The predicted octanol–water partition coefficient (Wildman–Crippen LogP) is 3.46. The van der Waals surface area contributed by atoms with Crippen molar-refractivity contribution in [3.63, 3.8) is 0 Å². The Hall–Kier alpha value is -2.93. The number of carboxylic acids is 1. The van der Waals surface area contributed by atoms with Crippen LogP contribution in [0.4, 0.5) is 8.78 Å². The number of aliphatic carboxylic acids is 1. The van der Waals surface area contributed by atoms with Crippen molar-refractivity contribution in [2.45, 2.75) is 25.1 Å². The summed E-state index contributed by atoms with van der Waals surface area (Å²) in [6.45, 7) is -2.88. The number of nitrogens with one attached hydrogen (secondary N) is 2. The van der Waals surface area contributed by atoms with Crippen LogP contribution in [0.1, 0.15) is 22.9 Å². The maximum absolute atomic E-state index is 12.3. The molecule has 0 bridgehead atoms. The SMILES string of the molecule is O=C(O)[C@@H]1Cc2c([nH]c3ccccc23)[C@H](c2ccc(OC(F)F)cc2)N1. The zero-order valence-electron chi connectivity index (χ0n) is 13.6. The van der Waals surface area contributed by atoms with Crippen molar-refractivity contribution in [2.75, 3.05) is 0 Å². The third kappa shape index (κ3) is 2.90. The first-order chi connectivity index (χ1) is 12.5. The quantitative estimate of drug-likeness (QED) is 0.668. The van der Waals surface area contributed by atoms with Gasteiger partial charge < -0.3 is 14.8 Å². The molecule has 1 aliphatic rings. The highest BCUT2D eigenvalue weighted by Gasteiger charge is 2.33. The number of aromatic amines is 1. The Labute approximate surface area is 147 Å². The monoisotopic (exact) mass is 358 g/mol. The minimum absolute atomic E-state index is 0.0613. The van der Waals surface area contributed by atoms with Crippen molar-refractivity contribution in [3.05, 3.63) is 65.4 Å². The Balaban J connectivity index is 1.77. The number of carbonyl (C=O) groups is 1. The van der Waals surface area contributed by atoms with Crippen LogP contribution < -0.4 is 10.1 Å². The highest BCUT2D eigenvalue weighted by atomic mass is 19.3. The fraction of sp³-hybridized carbons (Fsp3) is 0.211.